The number of carbonyl (C=O) groups is 2. The van der Waals surface area contributed by atoms with Crippen molar-refractivity contribution in [1.29, 1.82) is 0 Å². The van der Waals surface area contributed by atoms with Crippen molar-refractivity contribution in [3.8, 4) is 0 Å². The van der Waals surface area contributed by atoms with Crippen molar-refractivity contribution in [3.63, 3.8) is 0 Å². The largest absolute Gasteiger partial charge is 0.471 e. The Hall–Kier alpha value is -1.90. The number of fused-ring (bicyclic) bond motifs is 1. The summed E-state index contributed by atoms with van der Waals surface area (Å²) in [6.07, 6.45) is 4.40. The van der Waals surface area contributed by atoms with Gasteiger partial charge in [-0.2, -0.15) is 0 Å². The highest BCUT2D eigenvalue weighted by Gasteiger charge is 2.04. The first kappa shape index (κ1) is 7.73. The molecule has 1 heterocycles. The summed E-state index contributed by atoms with van der Waals surface area (Å²) in [5.41, 5.74) is 0.785. The van der Waals surface area contributed by atoms with E-state index < -0.39 is 0 Å². The van der Waals surface area contributed by atoms with Crippen LogP contribution in [0, 0.1) is 0 Å². The Morgan fingerprint density at radius 3 is 1.77 bits per heavy atom. The van der Waals surface area contributed by atoms with Gasteiger partial charge in [-0.05, 0) is 12.1 Å². The Morgan fingerprint density at radius 2 is 1.38 bits per heavy atom. The van der Waals surface area contributed by atoms with Crippen LogP contribution in [0.15, 0.2) is 29.1 Å². The second kappa shape index (κ2) is 2.86. The molecular formula is C10H6O3. The lowest BCUT2D eigenvalue weighted by atomic mass is 10.1. The zero-order valence-electron chi connectivity index (χ0n) is 6.69. The molecule has 0 amide bonds. The highest BCUT2D eigenvalue weighted by molar-refractivity contribution is 5.97. The molecule has 13 heavy (non-hydrogen) atoms. The van der Waals surface area contributed by atoms with Gasteiger partial charge in [-0.25, -0.2) is 0 Å². The molecule has 0 aliphatic heterocycles. The Kier molecular flexibility index (Phi) is 1.70. The number of carbonyl (C=O) groups excluding carboxylic acids is 2. The first-order chi connectivity index (χ1) is 6.35. The van der Waals surface area contributed by atoms with Gasteiger partial charge in [0.15, 0.2) is 12.6 Å². The van der Waals surface area contributed by atoms with E-state index in [2.05, 4.69) is 0 Å². The summed E-state index contributed by atoms with van der Waals surface area (Å²) in [7, 11) is 0. The maximum absolute atomic E-state index is 10.6. The average Bonchev–Trinajstić information content (AvgIpc) is 2.62. The van der Waals surface area contributed by atoms with E-state index in [0.29, 0.717) is 23.7 Å². The first-order valence-electron chi connectivity index (χ1n) is 3.75. The standard InChI is InChI=1S/C10H6O3/c11-3-7-1-9-5-13-6-10(9)2-8(7)4-12/h1-6H. The van der Waals surface area contributed by atoms with E-state index in [0.717, 1.165) is 10.8 Å². The molecule has 0 aliphatic rings. The van der Waals surface area contributed by atoms with E-state index in [4.69, 9.17) is 4.42 Å². The summed E-state index contributed by atoms with van der Waals surface area (Å²) in [5.74, 6) is 0. The SMILES string of the molecule is O=Cc1cc2cocc2cc1C=O. The van der Waals surface area contributed by atoms with Crippen molar-refractivity contribution in [2.24, 2.45) is 0 Å². The monoisotopic (exact) mass is 174 g/mol. The molecule has 1 aromatic heterocycles. The molecule has 0 bridgehead atoms. The normalized spacial score (nSPS) is 10.2. The zero-order chi connectivity index (χ0) is 9.26. The first-order valence-corrected chi connectivity index (χ1v) is 3.75. The smallest absolute Gasteiger partial charge is 0.150 e. The molecule has 0 unspecified atom stereocenters. The van der Waals surface area contributed by atoms with E-state index in [1.54, 1.807) is 12.1 Å². The van der Waals surface area contributed by atoms with Gasteiger partial charge < -0.3 is 4.42 Å². The third kappa shape index (κ3) is 1.14. The van der Waals surface area contributed by atoms with Crippen LogP contribution >= 0.6 is 0 Å². The fraction of sp³-hybridized carbons (Fsp3) is 0. The highest BCUT2D eigenvalue weighted by atomic mass is 16.3. The number of aldehydes is 2. The second-order valence-electron chi connectivity index (χ2n) is 2.72. The van der Waals surface area contributed by atoms with Crippen LogP contribution < -0.4 is 0 Å². The lowest BCUT2D eigenvalue weighted by Gasteiger charge is -1.95. The summed E-state index contributed by atoms with van der Waals surface area (Å²) < 4.78 is 4.93. The summed E-state index contributed by atoms with van der Waals surface area (Å²) >= 11 is 0. The Morgan fingerprint density at radius 1 is 0.923 bits per heavy atom. The summed E-state index contributed by atoms with van der Waals surface area (Å²) in [5, 5.41) is 1.65. The summed E-state index contributed by atoms with van der Waals surface area (Å²) in [4.78, 5) is 21.1. The van der Waals surface area contributed by atoms with Crippen LogP contribution in [-0.4, -0.2) is 12.6 Å². The maximum atomic E-state index is 10.6. The molecule has 3 nitrogen and oxygen atoms in total. The lowest BCUT2D eigenvalue weighted by Crippen LogP contribution is -1.89. The Balaban J connectivity index is 2.80. The van der Waals surface area contributed by atoms with Crippen LogP contribution in [0.1, 0.15) is 20.7 Å². The van der Waals surface area contributed by atoms with Crippen molar-refractivity contribution in [3.05, 3.63) is 35.8 Å². The zero-order valence-corrected chi connectivity index (χ0v) is 6.69. The molecule has 2 rings (SSSR count). The number of furan rings is 1. The van der Waals surface area contributed by atoms with Gasteiger partial charge in [0.05, 0.1) is 12.5 Å². The fourth-order valence-corrected chi connectivity index (χ4v) is 1.26. The van der Waals surface area contributed by atoms with Crippen LogP contribution in [0.2, 0.25) is 0 Å². The Labute approximate surface area is 74.0 Å². The van der Waals surface area contributed by atoms with E-state index in [1.807, 2.05) is 0 Å². The molecular weight excluding hydrogens is 168 g/mol. The minimum Gasteiger partial charge on any atom is -0.471 e. The highest BCUT2D eigenvalue weighted by Crippen LogP contribution is 2.18. The van der Waals surface area contributed by atoms with Gasteiger partial charge in [-0.15, -0.1) is 0 Å². The van der Waals surface area contributed by atoms with Gasteiger partial charge in [0.25, 0.3) is 0 Å². The van der Waals surface area contributed by atoms with Crippen LogP contribution in [0.3, 0.4) is 0 Å². The number of benzene rings is 1. The predicted molar refractivity (Wildman–Crippen MR) is 47.0 cm³/mol. The molecule has 3 heteroatoms. The van der Waals surface area contributed by atoms with Gasteiger partial charge in [-0.1, -0.05) is 0 Å². The van der Waals surface area contributed by atoms with Crippen LogP contribution in [0.5, 0.6) is 0 Å². The van der Waals surface area contributed by atoms with Gasteiger partial charge >= 0.3 is 0 Å². The van der Waals surface area contributed by atoms with E-state index in [1.165, 1.54) is 12.5 Å². The molecule has 1 aromatic carbocycles. The molecule has 0 saturated heterocycles. The van der Waals surface area contributed by atoms with Gasteiger partial charge in [0, 0.05) is 21.9 Å². The summed E-state index contributed by atoms with van der Waals surface area (Å²) in [6, 6.07) is 3.27. The second-order valence-corrected chi connectivity index (χ2v) is 2.72. The molecule has 0 radical (unpaired) electrons. The van der Waals surface area contributed by atoms with E-state index in [-0.39, 0.29) is 0 Å². The van der Waals surface area contributed by atoms with E-state index in [9.17, 15) is 9.59 Å². The quantitative estimate of drug-likeness (QED) is 0.654. The molecule has 0 spiro atoms. The van der Waals surface area contributed by atoms with Gasteiger partial charge in [-0.3, -0.25) is 9.59 Å². The van der Waals surface area contributed by atoms with Crippen LogP contribution in [0.25, 0.3) is 10.8 Å². The van der Waals surface area contributed by atoms with Gasteiger partial charge in [0.1, 0.15) is 0 Å². The van der Waals surface area contributed by atoms with Crippen molar-refractivity contribution >= 4 is 23.3 Å². The molecule has 0 aliphatic carbocycles. The number of hydrogen-bond donors (Lipinski definition) is 0. The third-order valence-corrected chi connectivity index (χ3v) is 1.93. The fourth-order valence-electron chi connectivity index (χ4n) is 1.26. The van der Waals surface area contributed by atoms with Crippen LogP contribution in [-0.2, 0) is 0 Å². The van der Waals surface area contributed by atoms with Crippen LogP contribution in [0.4, 0.5) is 0 Å². The van der Waals surface area contributed by atoms with Gasteiger partial charge in [0.2, 0.25) is 0 Å². The molecule has 64 valence electrons. The minimum absolute atomic E-state index is 0.393. The van der Waals surface area contributed by atoms with Crippen molar-refractivity contribution in [1.82, 2.24) is 0 Å². The molecule has 2 aromatic rings. The third-order valence-electron chi connectivity index (χ3n) is 1.93. The minimum atomic E-state index is 0.393. The maximum Gasteiger partial charge on any atom is 0.150 e. The van der Waals surface area contributed by atoms with Crippen molar-refractivity contribution in [2.45, 2.75) is 0 Å². The predicted octanol–water partition coefficient (Wildman–Crippen LogP) is 2.06. The van der Waals surface area contributed by atoms with Crippen molar-refractivity contribution < 1.29 is 14.0 Å². The average molecular weight is 174 g/mol. The number of hydrogen-bond acceptors (Lipinski definition) is 3. The number of rotatable bonds is 2. The van der Waals surface area contributed by atoms with E-state index >= 15 is 0 Å². The molecule has 0 atom stereocenters. The molecule has 0 N–H and O–H groups in total. The Bertz CT molecular complexity index is 426. The lowest BCUT2D eigenvalue weighted by molar-refractivity contribution is 0.109. The molecule has 0 fully saturated rings. The topological polar surface area (TPSA) is 47.3 Å². The van der Waals surface area contributed by atoms with Crippen molar-refractivity contribution in [2.75, 3.05) is 0 Å². The molecule has 0 saturated carbocycles. The summed E-state index contributed by atoms with van der Waals surface area (Å²) in [6.45, 7) is 0.